The van der Waals surface area contributed by atoms with Crippen LogP contribution in [0.25, 0.3) is 0 Å². The highest BCUT2D eigenvalue weighted by atomic mass is 127. The Morgan fingerprint density at radius 3 is 2.53 bits per heavy atom. The van der Waals surface area contributed by atoms with E-state index in [0.717, 1.165) is 14.9 Å². The van der Waals surface area contributed by atoms with Gasteiger partial charge in [0.25, 0.3) is 0 Å². The molecule has 0 aliphatic rings. The molecule has 0 atom stereocenters. The maximum absolute atomic E-state index is 11.4. The number of carbonyl (C=O) groups is 1. The lowest BCUT2D eigenvalue weighted by Gasteiger charge is -2.14. The van der Waals surface area contributed by atoms with Gasteiger partial charge in [-0.1, -0.05) is 13.8 Å². The minimum atomic E-state index is -0.318. The lowest BCUT2D eigenvalue weighted by Crippen LogP contribution is -2.08. The summed E-state index contributed by atoms with van der Waals surface area (Å²) in [5, 5.41) is 0. The van der Waals surface area contributed by atoms with E-state index in [1.165, 1.54) is 7.11 Å². The highest BCUT2D eigenvalue weighted by Gasteiger charge is 2.13. The van der Waals surface area contributed by atoms with Crippen LogP contribution in [-0.2, 0) is 4.74 Å². The van der Waals surface area contributed by atoms with E-state index < -0.39 is 0 Å². The summed E-state index contributed by atoms with van der Waals surface area (Å²) in [6.45, 7) is 6.81. The molecule has 1 aromatic carbocycles. The summed E-state index contributed by atoms with van der Waals surface area (Å²) in [5.74, 6) is 1.01. The SMILES string of the molecule is COC(=O)c1cc(C)c(OCC(C)C)c(I)c1. The van der Waals surface area contributed by atoms with Crippen LogP contribution >= 0.6 is 22.6 Å². The molecule has 0 heterocycles. The molecule has 0 radical (unpaired) electrons. The zero-order chi connectivity index (χ0) is 13.0. The number of carbonyl (C=O) groups excluding carboxylic acids is 1. The third-order valence-electron chi connectivity index (χ3n) is 2.21. The van der Waals surface area contributed by atoms with Crippen molar-refractivity contribution in [3.05, 3.63) is 26.8 Å². The summed E-state index contributed by atoms with van der Waals surface area (Å²) in [7, 11) is 1.38. The summed E-state index contributed by atoms with van der Waals surface area (Å²) in [6.07, 6.45) is 0. The third kappa shape index (κ3) is 3.87. The van der Waals surface area contributed by atoms with E-state index in [1.807, 2.05) is 6.92 Å². The van der Waals surface area contributed by atoms with E-state index in [9.17, 15) is 4.79 Å². The molecule has 3 nitrogen and oxygen atoms in total. The second kappa shape index (κ2) is 6.23. The topological polar surface area (TPSA) is 35.5 Å². The van der Waals surface area contributed by atoms with Gasteiger partial charge in [0, 0.05) is 0 Å². The largest absolute Gasteiger partial charge is 0.492 e. The number of rotatable bonds is 4. The molecule has 0 aliphatic carbocycles. The first-order valence-corrected chi connectivity index (χ1v) is 6.54. The number of ether oxygens (including phenoxy) is 2. The summed E-state index contributed by atoms with van der Waals surface area (Å²) in [5.41, 5.74) is 1.52. The Morgan fingerprint density at radius 1 is 1.41 bits per heavy atom. The molecule has 17 heavy (non-hydrogen) atoms. The Labute approximate surface area is 116 Å². The Balaban J connectivity index is 2.98. The molecule has 0 saturated heterocycles. The molecule has 1 rings (SSSR count). The van der Waals surface area contributed by atoms with Crippen molar-refractivity contribution in [3.63, 3.8) is 0 Å². The van der Waals surface area contributed by atoms with Crippen molar-refractivity contribution < 1.29 is 14.3 Å². The molecule has 0 unspecified atom stereocenters. The molecule has 0 saturated carbocycles. The molecule has 0 aromatic heterocycles. The first kappa shape index (κ1) is 14.3. The molecule has 94 valence electrons. The van der Waals surface area contributed by atoms with Crippen molar-refractivity contribution in [3.8, 4) is 5.75 Å². The third-order valence-corrected chi connectivity index (χ3v) is 3.01. The Morgan fingerprint density at radius 2 is 2.06 bits per heavy atom. The summed E-state index contributed by atoms with van der Waals surface area (Å²) in [6, 6.07) is 3.58. The van der Waals surface area contributed by atoms with Crippen LogP contribution in [0.4, 0.5) is 0 Å². The lowest BCUT2D eigenvalue weighted by atomic mass is 10.1. The van der Waals surface area contributed by atoms with Crippen LogP contribution in [0.2, 0.25) is 0 Å². The quantitative estimate of drug-likeness (QED) is 0.618. The van der Waals surface area contributed by atoms with Gasteiger partial charge in [-0.05, 0) is 53.1 Å². The first-order valence-electron chi connectivity index (χ1n) is 5.47. The molecule has 0 aliphatic heterocycles. The van der Waals surface area contributed by atoms with Crippen molar-refractivity contribution >= 4 is 28.6 Å². The minimum absolute atomic E-state index is 0.318. The molecule has 0 amide bonds. The van der Waals surface area contributed by atoms with Gasteiger partial charge in [0.1, 0.15) is 5.75 Å². The van der Waals surface area contributed by atoms with Gasteiger partial charge in [-0.15, -0.1) is 0 Å². The zero-order valence-corrected chi connectivity index (χ0v) is 12.7. The van der Waals surface area contributed by atoms with Crippen LogP contribution < -0.4 is 4.74 Å². The molecule has 1 aromatic rings. The fourth-order valence-electron chi connectivity index (χ4n) is 1.40. The van der Waals surface area contributed by atoms with E-state index in [0.29, 0.717) is 18.1 Å². The fraction of sp³-hybridized carbons (Fsp3) is 0.462. The van der Waals surface area contributed by atoms with Gasteiger partial charge in [-0.25, -0.2) is 4.79 Å². The van der Waals surface area contributed by atoms with Crippen molar-refractivity contribution in [2.75, 3.05) is 13.7 Å². The van der Waals surface area contributed by atoms with Crippen LogP contribution in [0.5, 0.6) is 5.75 Å². The predicted molar refractivity (Wildman–Crippen MR) is 75.6 cm³/mol. The summed E-state index contributed by atoms with van der Waals surface area (Å²) < 4.78 is 11.4. The summed E-state index contributed by atoms with van der Waals surface area (Å²) >= 11 is 2.18. The molecule has 0 bridgehead atoms. The highest BCUT2D eigenvalue weighted by Crippen LogP contribution is 2.27. The Kier molecular flexibility index (Phi) is 5.24. The van der Waals surface area contributed by atoms with E-state index >= 15 is 0 Å². The van der Waals surface area contributed by atoms with Crippen LogP contribution in [0.3, 0.4) is 0 Å². The molecular weight excluding hydrogens is 331 g/mol. The van der Waals surface area contributed by atoms with E-state index in [-0.39, 0.29) is 5.97 Å². The number of benzene rings is 1. The zero-order valence-electron chi connectivity index (χ0n) is 10.5. The smallest absolute Gasteiger partial charge is 0.337 e. The van der Waals surface area contributed by atoms with Crippen molar-refractivity contribution in [1.29, 1.82) is 0 Å². The number of halogens is 1. The molecular formula is C13H17IO3. The molecule has 0 N–H and O–H groups in total. The van der Waals surface area contributed by atoms with Gasteiger partial charge in [0.05, 0.1) is 22.9 Å². The van der Waals surface area contributed by atoms with Gasteiger partial charge >= 0.3 is 5.97 Å². The number of methoxy groups -OCH3 is 1. The van der Waals surface area contributed by atoms with E-state index in [2.05, 4.69) is 36.4 Å². The average molecular weight is 348 g/mol. The second-order valence-corrected chi connectivity index (χ2v) is 5.46. The number of hydrogen-bond donors (Lipinski definition) is 0. The number of hydrogen-bond acceptors (Lipinski definition) is 3. The Hall–Kier alpha value is -0.780. The van der Waals surface area contributed by atoms with Gasteiger partial charge < -0.3 is 9.47 Å². The standard InChI is InChI=1S/C13H17IO3/c1-8(2)7-17-12-9(3)5-10(6-11(12)14)13(15)16-4/h5-6,8H,7H2,1-4H3. The molecule has 0 spiro atoms. The maximum Gasteiger partial charge on any atom is 0.337 e. The lowest BCUT2D eigenvalue weighted by molar-refractivity contribution is 0.0600. The number of esters is 1. The number of aryl methyl sites for hydroxylation is 1. The van der Waals surface area contributed by atoms with Crippen LogP contribution in [0, 0.1) is 16.4 Å². The monoisotopic (exact) mass is 348 g/mol. The highest BCUT2D eigenvalue weighted by molar-refractivity contribution is 14.1. The van der Waals surface area contributed by atoms with Crippen LogP contribution in [0.15, 0.2) is 12.1 Å². The maximum atomic E-state index is 11.4. The van der Waals surface area contributed by atoms with Gasteiger partial charge in [-0.2, -0.15) is 0 Å². The predicted octanol–water partition coefficient (Wildman–Crippen LogP) is 3.42. The Bertz CT molecular complexity index is 390. The fourth-order valence-corrected chi connectivity index (χ4v) is 2.32. The second-order valence-electron chi connectivity index (χ2n) is 4.30. The van der Waals surface area contributed by atoms with Crippen molar-refractivity contribution in [2.45, 2.75) is 20.8 Å². The van der Waals surface area contributed by atoms with Crippen LogP contribution in [0.1, 0.15) is 29.8 Å². The molecule has 4 heteroatoms. The summed E-state index contributed by atoms with van der Waals surface area (Å²) in [4.78, 5) is 11.4. The minimum Gasteiger partial charge on any atom is -0.492 e. The molecule has 0 fully saturated rings. The van der Waals surface area contributed by atoms with E-state index in [1.54, 1.807) is 12.1 Å². The van der Waals surface area contributed by atoms with Gasteiger partial charge in [0.15, 0.2) is 0 Å². The van der Waals surface area contributed by atoms with E-state index in [4.69, 9.17) is 9.47 Å². The van der Waals surface area contributed by atoms with Crippen molar-refractivity contribution in [1.82, 2.24) is 0 Å². The average Bonchev–Trinajstić information content (AvgIpc) is 2.26. The normalized spacial score (nSPS) is 10.5. The van der Waals surface area contributed by atoms with Gasteiger partial charge in [0.2, 0.25) is 0 Å². The first-order chi connectivity index (χ1) is 7.95. The van der Waals surface area contributed by atoms with Crippen LogP contribution in [-0.4, -0.2) is 19.7 Å². The van der Waals surface area contributed by atoms with Crippen molar-refractivity contribution in [2.24, 2.45) is 5.92 Å². The van der Waals surface area contributed by atoms with Gasteiger partial charge in [-0.3, -0.25) is 0 Å².